The Morgan fingerprint density at radius 3 is 0.645 bits per heavy atom. The molecule has 121 heavy (non-hydrogen) atoms. The lowest BCUT2D eigenvalue weighted by Gasteiger charge is -2.02. The van der Waals surface area contributed by atoms with Crippen LogP contribution in [0.5, 0.6) is 0 Å². The van der Waals surface area contributed by atoms with Gasteiger partial charge >= 0.3 is 0 Å². The first kappa shape index (κ1) is 101. The van der Waals surface area contributed by atoms with Gasteiger partial charge in [0.2, 0.25) is 23.6 Å². The molecule has 0 spiro atoms. The van der Waals surface area contributed by atoms with Gasteiger partial charge in [-0.25, -0.2) is 19.9 Å². The normalized spacial score (nSPS) is 11.5. The average Bonchev–Trinajstić information content (AvgIpc) is 1.71. The van der Waals surface area contributed by atoms with E-state index in [-0.39, 0.29) is 69.2 Å². The molecule has 0 radical (unpaired) electrons. The fourth-order valence-corrected chi connectivity index (χ4v) is 16.8. The third-order valence-electron chi connectivity index (χ3n) is 18.6. The topological polar surface area (TPSA) is 241 Å². The van der Waals surface area contributed by atoms with Gasteiger partial charge in [-0.3, -0.25) is 36.0 Å². The molecule has 12 rings (SSSR count). The molecule has 20 heteroatoms. The number of aryl methyl sites for hydroxylation is 12. The minimum atomic E-state index is -1.28. The number of aromatic nitrogens is 4. The van der Waals surface area contributed by atoms with Crippen molar-refractivity contribution in [3.8, 4) is 45.8 Å². The second kappa shape index (κ2) is 57.2. The molecule has 0 aliphatic heterocycles. The Hall–Kier alpha value is -10.1. The van der Waals surface area contributed by atoms with Crippen molar-refractivity contribution < 1.29 is 53.7 Å². The zero-order valence-electron chi connectivity index (χ0n) is 74.0. The number of ketones is 4. The quantitative estimate of drug-likeness (QED) is 0.0351. The van der Waals surface area contributed by atoms with Gasteiger partial charge < -0.3 is 17.7 Å². The molecular weight excluding hydrogens is 1590 g/mol. The highest BCUT2D eigenvalue weighted by atomic mass is 32.2. The predicted molar refractivity (Wildman–Crippen MR) is 500 cm³/mol. The Bertz CT molecular complexity index is 4700. The van der Waals surface area contributed by atoms with Crippen LogP contribution in [-0.4, -0.2) is 82.9 Å². The first-order chi connectivity index (χ1) is 58.6. The lowest BCUT2D eigenvalue weighted by molar-refractivity contribution is -0.117. The van der Waals surface area contributed by atoms with Gasteiger partial charge in [-0.05, 0) is 183 Å². The molecule has 0 bridgehead atoms. The van der Waals surface area contributed by atoms with Crippen molar-refractivity contribution in [1.29, 1.82) is 0 Å². The summed E-state index contributed by atoms with van der Waals surface area (Å²) in [5.41, 5.74) is 15.8. The molecule has 0 fully saturated rings. The first-order valence-corrected chi connectivity index (χ1v) is 48.3. The molecule has 0 saturated heterocycles. The van der Waals surface area contributed by atoms with E-state index in [1.54, 1.807) is 0 Å². The van der Waals surface area contributed by atoms with E-state index in [1.807, 2.05) is 262 Å². The zero-order chi connectivity index (χ0) is 88.4. The summed E-state index contributed by atoms with van der Waals surface area (Å²) in [6.07, 6.45) is 9.35. The number of nitrogens with zero attached hydrogens (tertiary/aromatic N) is 4. The van der Waals surface area contributed by atoms with Crippen molar-refractivity contribution in [2.45, 2.75) is 217 Å². The van der Waals surface area contributed by atoms with Gasteiger partial charge in [0, 0.05) is 91.1 Å². The standard InChI is InChI=1S/C24H27NO3S.3C23H25NO3S.4C2H6/c1-3-19-12-14-21(15-13-19)24-25-23(18(2)28-24)17-29(27)16-22(26)11-7-10-20-8-5-4-6-9-20;3*1-17-11-13-20(14-12-17)23-24-22(18(2)27-23)16-28(26)15-21(25)10-6-9-19-7-4-3-5-8-19;4*1-2/h4-6,8-9,12-15H,3,7,10-11,16-17H2,1-2H3;3*3-5,7-8,11-14H,6,9-10,15-16H2,1-2H3;4*1-2H3. The van der Waals surface area contributed by atoms with Crippen LogP contribution in [-0.2, 0) is 117 Å². The summed E-state index contributed by atoms with van der Waals surface area (Å²) in [5.74, 6) is 6.13. The Labute approximate surface area is 729 Å². The van der Waals surface area contributed by atoms with Gasteiger partial charge in [0.25, 0.3) is 0 Å². The molecule has 4 heterocycles. The van der Waals surface area contributed by atoms with Gasteiger partial charge in [0.15, 0.2) is 0 Å². The van der Waals surface area contributed by atoms with Crippen LogP contribution in [0.15, 0.2) is 236 Å². The molecule has 0 aliphatic rings. The van der Waals surface area contributed by atoms with Crippen LogP contribution in [0.2, 0.25) is 0 Å². The van der Waals surface area contributed by atoms with Crippen LogP contribution in [0.3, 0.4) is 0 Å². The highest BCUT2D eigenvalue weighted by Crippen LogP contribution is 2.28. The van der Waals surface area contributed by atoms with Crippen LogP contribution in [0.25, 0.3) is 45.8 Å². The van der Waals surface area contributed by atoms with Crippen molar-refractivity contribution in [2.75, 3.05) is 23.0 Å². The van der Waals surface area contributed by atoms with Crippen LogP contribution in [0.4, 0.5) is 0 Å². The lowest BCUT2D eigenvalue weighted by atomic mass is 10.1. The van der Waals surface area contributed by atoms with Gasteiger partial charge in [0.1, 0.15) is 46.2 Å². The average molecular weight is 1720 g/mol. The molecule has 4 atom stereocenters. The zero-order valence-corrected chi connectivity index (χ0v) is 77.2. The molecule has 0 N–H and O–H groups in total. The molecule has 4 unspecified atom stereocenters. The number of Topliss-reactive ketones (excluding diaryl/α,β-unsaturated/α-hetero) is 4. The minimum Gasteiger partial charge on any atom is -0.441 e. The van der Waals surface area contributed by atoms with E-state index in [1.165, 1.54) is 44.5 Å². The smallest absolute Gasteiger partial charge is 0.226 e. The van der Waals surface area contributed by atoms with E-state index in [2.05, 4.69) is 87.5 Å². The molecule has 0 aliphatic carbocycles. The van der Waals surface area contributed by atoms with Gasteiger partial charge in [-0.2, -0.15) is 0 Å². The van der Waals surface area contributed by atoms with E-state index in [0.717, 1.165) is 80.0 Å². The van der Waals surface area contributed by atoms with Crippen molar-refractivity contribution in [3.05, 3.63) is 309 Å². The maximum atomic E-state index is 12.4. The summed E-state index contributed by atoms with van der Waals surface area (Å²) < 4.78 is 72.6. The second-order valence-corrected chi connectivity index (χ2v) is 34.0. The van der Waals surface area contributed by atoms with Gasteiger partial charge in [-0.1, -0.05) is 249 Å². The third-order valence-corrected chi connectivity index (χ3v) is 23.6. The number of oxazole rings is 4. The van der Waals surface area contributed by atoms with Gasteiger partial charge in [0.05, 0.1) is 68.8 Å². The SMILES string of the molecule is CC.CC.CC.CC.CCc1ccc(-c2nc(CS(=O)CC(=O)CCCc3ccccc3)c(C)o2)cc1.Cc1ccc(-c2nc(CS(=O)CC(=O)CCCc3ccccc3)c(C)o2)cc1.Cc1ccc(-c2nc(CS(=O)CC(=O)CCCc3ccccc3)c(C)o2)cc1.Cc1ccc(-c2nc(CS(=O)CC(=O)CCCc3ccccc3)c(C)o2)cc1. The summed E-state index contributed by atoms with van der Waals surface area (Å²) in [6, 6.07) is 72.2. The van der Waals surface area contributed by atoms with Gasteiger partial charge in [-0.15, -0.1) is 0 Å². The number of carbonyl (C=O) groups excluding carboxylic acids is 4. The lowest BCUT2D eigenvalue weighted by Crippen LogP contribution is -2.12. The van der Waals surface area contributed by atoms with E-state index in [4.69, 9.17) is 17.7 Å². The largest absolute Gasteiger partial charge is 0.441 e. The number of hydrogen-bond donors (Lipinski definition) is 0. The van der Waals surface area contributed by atoms with Crippen LogP contribution in [0, 0.1) is 48.5 Å². The highest BCUT2D eigenvalue weighted by molar-refractivity contribution is 7.85. The van der Waals surface area contributed by atoms with E-state index < -0.39 is 43.2 Å². The molecule has 12 aromatic rings. The Kier molecular flexibility index (Phi) is 48.0. The number of carbonyl (C=O) groups is 4. The summed E-state index contributed by atoms with van der Waals surface area (Å²) in [7, 11) is -5.11. The number of benzene rings is 8. The van der Waals surface area contributed by atoms with Crippen molar-refractivity contribution in [1.82, 2.24) is 19.9 Å². The molecule has 16 nitrogen and oxygen atoms in total. The summed E-state index contributed by atoms with van der Waals surface area (Å²) in [6.45, 7) is 31.5. The van der Waals surface area contributed by atoms with Crippen molar-refractivity contribution >= 4 is 66.3 Å². The predicted octanol–water partition coefficient (Wildman–Crippen LogP) is 23.6. The molecular formula is C101H126N4O12S4. The molecule has 4 aromatic heterocycles. The Morgan fingerprint density at radius 1 is 0.264 bits per heavy atom. The first-order valence-electron chi connectivity index (χ1n) is 42.4. The van der Waals surface area contributed by atoms with E-state index in [0.29, 0.717) is 95.1 Å². The Morgan fingerprint density at radius 2 is 0.455 bits per heavy atom. The maximum Gasteiger partial charge on any atom is 0.226 e. The summed E-state index contributed by atoms with van der Waals surface area (Å²) >= 11 is 0. The molecule has 8 aromatic carbocycles. The minimum absolute atomic E-state index is 0.0363. The molecule has 646 valence electrons. The Balaban J connectivity index is 0.000000279. The van der Waals surface area contributed by atoms with E-state index in [9.17, 15) is 36.0 Å². The monoisotopic (exact) mass is 1710 g/mol. The number of rotatable bonds is 37. The van der Waals surface area contributed by atoms with Crippen molar-refractivity contribution in [2.24, 2.45) is 0 Å². The maximum absolute atomic E-state index is 12.4. The fraction of sp³-hybridized carbons (Fsp3) is 0.366. The van der Waals surface area contributed by atoms with E-state index >= 15 is 0 Å². The molecule has 0 amide bonds. The molecule has 0 saturated carbocycles. The summed E-state index contributed by atoms with van der Waals surface area (Å²) in [4.78, 5) is 66.6. The highest BCUT2D eigenvalue weighted by Gasteiger charge is 2.22. The number of hydrogen-bond acceptors (Lipinski definition) is 16. The fourth-order valence-electron chi connectivity index (χ4n) is 12.1. The van der Waals surface area contributed by atoms with Crippen molar-refractivity contribution in [3.63, 3.8) is 0 Å². The van der Waals surface area contributed by atoms with Crippen LogP contribution in [0.1, 0.15) is 204 Å². The summed E-state index contributed by atoms with van der Waals surface area (Å²) in [5, 5.41) is 0. The third kappa shape index (κ3) is 37.8. The van der Waals surface area contributed by atoms with Crippen LogP contribution >= 0.6 is 0 Å². The van der Waals surface area contributed by atoms with Crippen LogP contribution < -0.4 is 0 Å². The second-order valence-electron chi connectivity index (χ2n) is 28.2.